The van der Waals surface area contributed by atoms with Crippen molar-refractivity contribution in [2.75, 3.05) is 22.1 Å². The van der Waals surface area contributed by atoms with Crippen LogP contribution in [0.5, 0.6) is 0 Å². The number of para-hydroxylation sites is 1. The highest BCUT2D eigenvalue weighted by Gasteiger charge is 2.15. The molecule has 2 amide bonds. The molecule has 2 N–H and O–H groups in total. The number of aromatic nitrogens is 4. The molecule has 3 rings (SSSR count). The van der Waals surface area contributed by atoms with Crippen LogP contribution in [0.1, 0.15) is 16.7 Å². The van der Waals surface area contributed by atoms with Crippen LogP contribution in [0.2, 0.25) is 0 Å². The summed E-state index contributed by atoms with van der Waals surface area (Å²) >= 11 is 0. The number of rotatable bonds is 7. The molecule has 3 aromatic rings. The van der Waals surface area contributed by atoms with Crippen molar-refractivity contribution in [2.45, 2.75) is 20.8 Å². The Balaban J connectivity index is 1.54. The van der Waals surface area contributed by atoms with E-state index in [2.05, 4.69) is 26.2 Å². The van der Waals surface area contributed by atoms with Crippen LogP contribution in [-0.4, -0.2) is 47.7 Å². The lowest BCUT2D eigenvalue weighted by atomic mass is 10.1. The van der Waals surface area contributed by atoms with Crippen molar-refractivity contribution in [3.8, 4) is 5.69 Å². The second kappa shape index (κ2) is 9.40. The molecule has 1 aromatic heterocycles. The van der Waals surface area contributed by atoms with E-state index >= 15 is 0 Å². The SMILES string of the molecule is Cc1cc(NC(=O)C[S@@](=O)CC(=O)Nc2c(C)cccc2C)ccc1-n1cnnn1. The maximum atomic E-state index is 12.3. The summed E-state index contributed by atoms with van der Waals surface area (Å²) in [7, 11) is -1.63. The number of nitrogens with one attached hydrogen (secondary N) is 2. The third kappa shape index (κ3) is 5.35. The average Bonchev–Trinajstić information content (AvgIpc) is 3.19. The molecule has 0 aliphatic rings. The highest BCUT2D eigenvalue weighted by atomic mass is 32.2. The Morgan fingerprint density at radius 2 is 1.63 bits per heavy atom. The first kappa shape index (κ1) is 21.3. The summed E-state index contributed by atoms with van der Waals surface area (Å²) in [4.78, 5) is 24.4. The normalized spacial score (nSPS) is 11.7. The minimum Gasteiger partial charge on any atom is -0.325 e. The van der Waals surface area contributed by atoms with E-state index in [0.29, 0.717) is 11.4 Å². The Morgan fingerprint density at radius 1 is 0.967 bits per heavy atom. The minimum absolute atomic E-state index is 0.252. The summed E-state index contributed by atoms with van der Waals surface area (Å²) in [5.41, 5.74) is 4.76. The van der Waals surface area contributed by atoms with Gasteiger partial charge in [0.15, 0.2) is 0 Å². The molecule has 0 radical (unpaired) electrons. The molecular formula is C20H22N6O3S. The van der Waals surface area contributed by atoms with Gasteiger partial charge in [-0.1, -0.05) is 18.2 Å². The van der Waals surface area contributed by atoms with Gasteiger partial charge in [-0.15, -0.1) is 5.10 Å². The van der Waals surface area contributed by atoms with Gasteiger partial charge >= 0.3 is 0 Å². The number of amides is 2. The molecular weight excluding hydrogens is 404 g/mol. The Hall–Kier alpha value is -3.40. The smallest absolute Gasteiger partial charge is 0.237 e. The zero-order chi connectivity index (χ0) is 21.7. The maximum Gasteiger partial charge on any atom is 0.237 e. The Labute approximate surface area is 176 Å². The summed E-state index contributed by atoms with van der Waals surface area (Å²) in [6, 6.07) is 10.9. The van der Waals surface area contributed by atoms with Gasteiger partial charge in [-0.25, -0.2) is 4.68 Å². The van der Waals surface area contributed by atoms with E-state index in [0.717, 1.165) is 22.4 Å². The number of benzene rings is 2. The summed E-state index contributed by atoms with van der Waals surface area (Å²) in [6.07, 6.45) is 1.48. The van der Waals surface area contributed by atoms with Crippen molar-refractivity contribution >= 4 is 34.0 Å². The van der Waals surface area contributed by atoms with Gasteiger partial charge in [0, 0.05) is 22.2 Å². The molecule has 10 heteroatoms. The number of nitrogens with zero attached hydrogens (tertiary/aromatic N) is 4. The average molecular weight is 427 g/mol. The monoisotopic (exact) mass is 426 g/mol. The Morgan fingerprint density at radius 3 is 2.23 bits per heavy atom. The fraction of sp³-hybridized carbons (Fsp3) is 0.250. The predicted molar refractivity (Wildman–Crippen MR) is 115 cm³/mol. The van der Waals surface area contributed by atoms with Crippen LogP contribution in [0.3, 0.4) is 0 Å². The van der Waals surface area contributed by atoms with E-state index in [1.54, 1.807) is 18.2 Å². The summed E-state index contributed by atoms with van der Waals surface area (Å²) in [6.45, 7) is 5.64. The molecule has 0 saturated heterocycles. The van der Waals surface area contributed by atoms with Gasteiger partial charge in [-0.05, 0) is 66.1 Å². The van der Waals surface area contributed by atoms with E-state index in [4.69, 9.17) is 0 Å². The summed E-state index contributed by atoms with van der Waals surface area (Å²) in [5, 5.41) is 16.5. The molecule has 0 saturated carbocycles. The first-order valence-corrected chi connectivity index (χ1v) is 10.7. The molecule has 0 bridgehead atoms. The van der Waals surface area contributed by atoms with Crippen LogP contribution in [0.25, 0.3) is 5.69 Å². The third-order valence-corrected chi connectivity index (χ3v) is 5.57. The lowest BCUT2D eigenvalue weighted by Crippen LogP contribution is -2.26. The maximum absolute atomic E-state index is 12.3. The van der Waals surface area contributed by atoms with Gasteiger partial charge in [0.25, 0.3) is 0 Å². The highest BCUT2D eigenvalue weighted by molar-refractivity contribution is 7.86. The van der Waals surface area contributed by atoms with Crippen molar-refractivity contribution in [3.05, 3.63) is 59.4 Å². The standard InChI is InChI=1S/C20H22N6O3S/c1-13-5-4-6-14(2)20(13)23-19(28)11-30(29)10-18(27)22-16-7-8-17(15(3)9-16)26-12-21-24-25-26/h4-9,12H,10-11H2,1-3H3,(H,22,27)(H,23,28)/t30-/m1/s1. The zero-order valence-corrected chi connectivity index (χ0v) is 17.7. The lowest BCUT2D eigenvalue weighted by molar-refractivity contribution is -0.114. The molecule has 2 aromatic carbocycles. The van der Waals surface area contributed by atoms with E-state index < -0.39 is 16.7 Å². The lowest BCUT2D eigenvalue weighted by Gasteiger charge is -2.11. The molecule has 0 spiro atoms. The fourth-order valence-corrected chi connectivity index (χ4v) is 3.82. The van der Waals surface area contributed by atoms with Crippen LogP contribution in [0, 0.1) is 20.8 Å². The number of carbonyl (C=O) groups excluding carboxylic acids is 2. The zero-order valence-electron chi connectivity index (χ0n) is 16.9. The topological polar surface area (TPSA) is 119 Å². The first-order chi connectivity index (χ1) is 14.3. The van der Waals surface area contributed by atoms with Crippen LogP contribution in [0.4, 0.5) is 11.4 Å². The molecule has 30 heavy (non-hydrogen) atoms. The number of anilines is 2. The van der Waals surface area contributed by atoms with Gasteiger partial charge in [-0.2, -0.15) is 0 Å². The summed E-state index contributed by atoms with van der Waals surface area (Å²) < 4.78 is 13.8. The number of carbonyl (C=O) groups is 2. The van der Waals surface area contributed by atoms with Crippen molar-refractivity contribution in [1.82, 2.24) is 20.2 Å². The van der Waals surface area contributed by atoms with E-state index in [1.807, 2.05) is 39.0 Å². The molecule has 0 aliphatic heterocycles. The predicted octanol–water partition coefficient (Wildman–Crippen LogP) is 1.91. The van der Waals surface area contributed by atoms with Crippen molar-refractivity contribution < 1.29 is 13.8 Å². The minimum atomic E-state index is -1.63. The molecule has 0 unspecified atom stereocenters. The summed E-state index contributed by atoms with van der Waals surface area (Å²) in [5.74, 6) is -1.34. The quantitative estimate of drug-likeness (QED) is 0.596. The van der Waals surface area contributed by atoms with Gasteiger partial charge in [0.05, 0.1) is 5.69 Å². The fourth-order valence-electron chi connectivity index (χ4n) is 2.99. The number of hydrogen-bond donors (Lipinski definition) is 2. The van der Waals surface area contributed by atoms with Crippen molar-refractivity contribution in [3.63, 3.8) is 0 Å². The second-order valence-electron chi connectivity index (χ2n) is 6.85. The number of aryl methyl sites for hydroxylation is 3. The van der Waals surface area contributed by atoms with Gasteiger partial charge in [0.2, 0.25) is 11.8 Å². The second-order valence-corrected chi connectivity index (χ2v) is 8.30. The molecule has 0 aliphatic carbocycles. The third-order valence-electron chi connectivity index (χ3n) is 4.41. The largest absolute Gasteiger partial charge is 0.325 e. The van der Waals surface area contributed by atoms with E-state index in [-0.39, 0.29) is 17.4 Å². The van der Waals surface area contributed by atoms with E-state index in [9.17, 15) is 13.8 Å². The Kier molecular flexibility index (Phi) is 6.68. The first-order valence-electron chi connectivity index (χ1n) is 9.18. The molecule has 0 fully saturated rings. The van der Waals surface area contributed by atoms with Crippen LogP contribution in [-0.2, 0) is 20.4 Å². The van der Waals surface area contributed by atoms with Crippen LogP contribution >= 0.6 is 0 Å². The molecule has 1 atom stereocenters. The molecule has 1 heterocycles. The highest BCUT2D eigenvalue weighted by Crippen LogP contribution is 2.19. The van der Waals surface area contributed by atoms with Crippen LogP contribution in [0.15, 0.2) is 42.7 Å². The van der Waals surface area contributed by atoms with Gasteiger partial charge in [-0.3, -0.25) is 13.8 Å². The van der Waals surface area contributed by atoms with Gasteiger partial charge < -0.3 is 10.6 Å². The Bertz CT molecular complexity index is 1080. The van der Waals surface area contributed by atoms with E-state index in [1.165, 1.54) is 11.0 Å². The van der Waals surface area contributed by atoms with Crippen LogP contribution < -0.4 is 10.6 Å². The number of tetrazole rings is 1. The molecule has 9 nitrogen and oxygen atoms in total. The van der Waals surface area contributed by atoms with Crippen molar-refractivity contribution in [1.29, 1.82) is 0 Å². The van der Waals surface area contributed by atoms with Crippen molar-refractivity contribution in [2.24, 2.45) is 0 Å². The molecule has 156 valence electrons. The number of hydrogen-bond acceptors (Lipinski definition) is 6. The van der Waals surface area contributed by atoms with Gasteiger partial charge in [0.1, 0.15) is 17.8 Å².